The number of nitrogens with one attached hydrogen (secondary N) is 1. The van der Waals surface area contributed by atoms with E-state index in [4.69, 9.17) is 11.6 Å². The first kappa shape index (κ1) is 12.3. The van der Waals surface area contributed by atoms with Crippen LogP contribution in [0.25, 0.3) is 0 Å². The fraction of sp³-hybridized carbons (Fsp3) is 0.385. The summed E-state index contributed by atoms with van der Waals surface area (Å²) in [4.78, 5) is 0. The highest BCUT2D eigenvalue weighted by Gasteiger charge is 2.10. The van der Waals surface area contributed by atoms with E-state index >= 15 is 0 Å². The maximum Gasteiger partial charge on any atom is 0.0409 e. The van der Waals surface area contributed by atoms with Gasteiger partial charge in [0.25, 0.3) is 0 Å². The molecule has 2 heteroatoms. The molecule has 1 atom stereocenters. The van der Waals surface area contributed by atoms with Crippen molar-refractivity contribution in [3.63, 3.8) is 0 Å². The summed E-state index contributed by atoms with van der Waals surface area (Å²) in [7, 11) is 0. The monoisotopic (exact) mass is 223 g/mol. The Balaban J connectivity index is 2.83. The summed E-state index contributed by atoms with van der Waals surface area (Å²) in [6.07, 6.45) is 0.953. The van der Waals surface area contributed by atoms with Crippen molar-refractivity contribution in [1.82, 2.24) is 5.32 Å². The highest BCUT2D eigenvalue weighted by Crippen LogP contribution is 2.22. The van der Waals surface area contributed by atoms with E-state index in [0.717, 1.165) is 18.0 Å². The lowest BCUT2D eigenvalue weighted by Gasteiger charge is -2.18. The molecule has 1 unspecified atom stereocenters. The van der Waals surface area contributed by atoms with Crippen LogP contribution in [-0.2, 0) is 0 Å². The first-order chi connectivity index (χ1) is 7.13. The van der Waals surface area contributed by atoms with E-state index < -0.39 is 0 Å². The Hall–Kier alpha value is -0.790. The van der Waals surface area contributed by atoms with Gasteiger partial charge < -0.3 is 5.32 Å². The summed E-state index contributed by atoms with van der Waals surface area (Å²) in [6.45, 7) is 9.06. The van der Waals surface area contributed by atoms with Gasteiger partial charge in [0, 0.05) is 11.1 Å². The van der Waals surface area contributed by atoms with Gasteiger partial charge >= 0.3 is 0 Å². The third-order valence-electron chi connectivity index (χ3n) is 2.25. The van der Waals surface area contributed by atoms with Gasteiger partial charge in [-0.2, -0.15) is 0 Å². The van der Waals surface area contributed by atoms with E-state index in [-0.39, 0.29) is 0 Å². The summed E-state index contributed by atoms with van der Waals surface area (Å²) in [5.74, 6) is 0. The molecular formula is C13H18ClN. The molecule has 0 fully saturated rings. The van der Waals surface area contributed by atoms with Crippen molar-refractivity contribution in [2.75, 3.05) is 6.54 Å². The second-order valence-electron chi connectivity index (χ2n) is 3.83. The van der Waals surface area contributed by atoms with Gasteiger partial charge in [-0.05, 0) is 37.6 Å². The summed E-state index contributed by atoms with van der Waals surface area (Å²) in [5, 5.41) is 4.23. The Labute approximate surface area is 97.1 Å². The highest BCUT2D eigenvalue weighted by atomic mass is 35.5. The van der Waals surface area contributed by atoms with Crippen molar-refractivity contribution >= 4 is 11.6 Å². The normalized spacial score (nSPS) is 12.5. The molecule has 1 nitrogen and oxygen atoms in total. The lowest BCUT2D eigenvalue weighted by atomic mass is 10.0. The molecule has 0 aliphatic carbocycles. The molecule has 82 valence electrons. The van der Waals surface area contributed by atoms with E-state index in [1.165, 1.54) is 11.1 Å². The van der Waals surface area contributed by atoms with Crippen LogP contribution in [-0.4, -0.2) is 6.54 Å². The van der Waals surface area contributed by atoms with Crippen LogP contribution in [0.2, 0.25) is 5.02 Å². The standard InChI is InChI=1S/C13H18ClN/c1-4-15-13(8-10(2)3)11-6-5-7-12(14)9-11/h5-7,9,13,15H,2,4,8H2,1,3H3. The average Bonchev–Trinajstić information content (AvgIpc) is 2.16. The molecule has 1 aromatic rings. The second kappa shape index (κ2) is 5.94. The van der Waals surface area contributed by atoms with Gasteiger partial charge in [-0.1, -0.05) is 36.2 Å². The fourth-order valence-corrected chi connectivity index (χ4v) is 1.82. The molecule has 0 bridgehead atoms. The summed E-state index contributed by atoms with van der Waals surface area (Å²) < 4.78 is 0. The van der Waals surface area contributed by atoms with Gasteiger partial charge in [-0.25, -0.2) is 0 Å². The van der Waals surface area contributed by atoms with Crippen molar-refractivity contribution in [3.8, 4) is 0 Å². The average molecular weight is 224 g/mol. The molecule has 0 spiro atoms. The zero-order chi connectivity index (χ0) is 11.3. The maximum absolute atomic E-state index is 5.98. The fourth-order valence-electron chi connectivity index (χ4n) is 1.63. The minimum atomic E-state index is 0.325. The van der Waals surface area contributed by atoms with Crippen LogP contribution < -0.4 is 5.32 Å². The summed E-state index contributed by atoms with van der Waals surface area (Å²) >= 11 is 5.98. The van der Waals surface area contributed by atoms with Crippen molar-refractivity contribution in [2.24, 2.45) is 0 Å². The molecule has 0 amide bonds. The van der Waals surface area contributed by atoms with Gasteiger partial charge in [0.15, 0.2) is 0 Å². The quantitative estimate of drug-likeness (QED) is 0.746. The molecule has 0 saturated heterocycles. The predicted octanol–water partition coefficient (Wildman–Crippen LogP) is 3.96. The summed E-state index contributed by atoms with van der Waals surface area (Å²) in [6, 6.07) is 8.32. The van der Waals surface area contributed by atoms with Crippen LogP contribution in [0.4, 0.5) is 0 Å². The Bertz CT molecular complexity index is 333. The molecule has 1 rings (SSSR count). The molecule has 0 radical (unpaired) electrons. The predicted molar refractivity (Wildman–Crippen MR) is 67.3 cm³/mol. The Morgan fingerprint density at radius 2 is 2.27 bits per heavy atom. The van der Waals surface area contributed by atoms with Gasteiger partial charge in [0.05, 0.1) is 0 Å². The van der Waals surface area contributed by atoms with E-state index in [1.54, 1.807) is 0 Å². The van der Waals surface area contributed by atoms with Crippen LogP contribution in [0.3, 0.4) is 0 Å². The van der Waals surface area contributed by atoms with E-state index in [2.05, 4.69) is 31.8 Å². The lowest BCUT2D eigenvalue weighted by Crippen LogP contribution is -2.21. The largest absolute Gasteiger partial charge is 0.310 e. The van der Waals surface area contributed by atoms with Crippen LogP contribution in [0, 0.1) is 0 Å². The molecule has 0 aromatic heterocycles. The third kappa shape index (κ3) is 4.06. The smallest absolute Gasteiger partial charge is 0.0409 e. The highest BCUT2D eigenvalue weighted by molar-refractivity contribution is 6.30. The third-order valence-corrected chi connectivity index (χ3v) is 2.49. The van der Waals surface area contributed by atoms with Crippen LogP contribution in [0.1, 0.15) is 31.9 Å². The van der Waals surface area contributed by atoms with E-state index in [1.807, 2.05) is 18.2 Å². The first-order valence-corrected chi connectivity index (χ1v) is 5.64. The minimum absolute atomic E-state index is 0.325. The Kier molecular flexibility index (Phi) is 4.86. The zero-order valence-corrected chi connectivity index (χ0v) is 10.1. The molecule has 0 saturated carbocycles. The molecule has 1 aromatic carbocycles. The number of halogens is 1. The van der Waals surface area contributed by atoms with Crippen LogP contribution in [0.5, 0.6) is 0 Å². The van der Waals surface area contributed by atoms with Crippen molar-refractivity contribution in [2.45, 2.75) is 26.3 Å². The number of benzene rings is 1. The minimum Gasteiger partial charge on any atom is -0.310 e. The molecule has 0 aliphatic rings. The number of hydrogen-bond acceptors (Lipinski definition) is 1. The molecule has 15 heavy (non-hydrogen) atoms. The van der Waals surface area contributed by atoms with Crippen LogP contribution >= 0.6 is 11.6 Å². The molecule has 1 N–H and O–H groups in total. The van der Waals surface area contributed by atoms with E-state index in [9.17, 15) is 0 Å². The van der Waals surface area contributed by atoms with Crippen molar-refractivity contribution < 1.29 is 0 Å². The van der Waals surface area contributed by atoms with Gasteiger partial charge in [0.1, 0.15) is 0 Å². The number of rotatable bonds is 5. The number of hydrogen-bond donors (Lipinski definition) is 1. The second-order valence-corrected chi connectivity index (χ2v) is 4.26. The van der Waals surface area contributed by atoms with Crippen LogP contribution in [0.15, 0.2) is 36.4 Å². The summed E-state index contributed by atoms with van der Waals surface area (Å²) in [5.41, 5.74) is 2.41. The first-order valence-electron chi connectivity index (χ1n) is 5.26. The topological polar surface area (TPSA) is 12.0 Å². The van der Waals surface area contributed by atoms with Gasteiger partial charge in [-0.3, -0.25) is 0 Å². The Morgan fingerprint density at radius 3 is 2.80 bits per heavy atom. The van der Waals surface area contributed by atoms with Crippen molar-refractivity contribution in [1.29, 1.82) is 0 Å². The van der Waals surface area contributed by atoms with E-state index in [0.29, 0.717) is 6.04 Å². The lowest BCUT2D eigenvalue weighted by molar-refractivity contribution is 0.548. The molecular weight excluding hydrogens is 206 g/mol. The molecule has 0 heterocycles. The maximum atomic E-state index is 5.98. The Morgan fingerprint density at radius 1 is 1.53 bits per heavy atom. The van der Waals surface area contributed by atoms with Gasteiger partial charge in [-0.15, -0.1) is 6.58 Å². The molecule has 0 aliphatic heterocycles. The van der Waals surface area contributed by atoms with Crippen molar-refractivity contribution in [3.05, 3.63) is 47.0 Å². The zero-order valence-electron chi connectivity index (χ0n) is 9.39. The SMILES string of the molecule is C=C(C)CC(NCC)c1cccc(Cl)c1. The van der Waals surface area contributed by atoms with Gasteiger partial charge in [0.2, 0.25) is 0 Å².